The fourth-order valence-corrected chi connectivity index (χ4v) is 7.96. The molecule has 0 spiro atoms. The first-order valence-electron chi connectivity index (χ1n) is 9.08. The van der Waals surface area contributed by atoms with Crippen LogP contribution in [0.15, 0.2) is 0 Å². The topological polar surface area (TPSA) is 34.1 Å². The molecule has 0 amide bonds. The Hall–Kier alpha value is -0.180. The van der Waals surface area contributed by atoms with Gasteiger partial charge in [-0.15, -0.1) is 0 Å². The Morgan fingerprint density at radius 3 is 2.45 bits per heavy atom. The maximum atomic E-state index is 12.4. The first-order valence-corrected chi connectivity index (χ1v) is 9.99. The Labute approximate surface area is 141 Å². The molecule has 0 N–H and O–H groups in total. The van der Waals surface area contributed by atoms with Crippen molar-refractivity contribution in [3.8, 4) is 0 Å². The van der Waals surface area contributed by atoms with E-state index in [2.05, 4.69) is 29.8 Å². The van der Waals surface area contributed by atoms with Crippen molar-refractivity contribution in [2.75, 3.05) is 0 Å². The van der Waals surface area contributed by atoms with Gasteiger partial charge in [-0.05, 0) is 67.6 Å². The van der Waals surface area contributed by atoms with Crippen LogP contribution in [0, 0.1) is 34.5 Å². The van der Waals surface area contributed by atoms with E-state index in [0.29, 0.717) is 28.8 Å². The molecule has 4 aliphatic rings. The maximum absolute atomic E-state index is 12.4. The van der Waals surface area contributed by atoms with E-state index in [1.165, 1.54) is 19.3 Å². The third-order valence-corrected chi connectivity index (χ3v) is 9.37. The van der Waals surface area contributed by atoms with Crippen molar-refractivity contribution in [3.05, 3.63) is 0 Å². The summed E-state index contributed by atoms with van der Waals surface area (Å²) < 4.78 is 0. The van der Waals surface area contributed by atoms with E-state index in [4.69, 9.17) is 0 Å². The number of Topliss-reactive ketones (excluding diaryl/α,β-unsaturated/α-hetero) is 2. The summed E-state index contributed by atoms with van der Waals surface area (Å²) in [5, 5.41) is 0. The molecule has 0 heterocycles. The lowest BCUT2D eigenvalue weighted by Crippen LogP contribution is -2.56. The first-order chi connectivity index (χ1) is 10.4. The monoisotopic (exact) mass is 366 g/mol. The van der Waals surface area contributed by atoms with Crippen molar-refractivity contribution in [2.24, 2.45) is 34.5 Å². The zero-order valence-corrected chi connectivity index (χ0v) is 15.3. The van der Waals surface area contributed by atoms with Crippen LogP contribution < -0.4 is 0 Å². The molecular formula is C19H27BrO2. The lowest BCUT2D eigenvalue weighted by molar-refractivity contribution is -0.143. The minimum Gasteiger partial charge on any atom is -0.299 e. The van der Waals surface area contributed by atoms with Gasteiger partial charge in [0.2, 0.25) is 0 Å². The van der Waals surface area contributed by atoms with E-state index < -0.39 is 0 Å². The molecule has 0 aromatic rings. The van der Waals surface area contributed by atoms with E-state index in [1.807, 2.05) is 0 Å². The Balaban J connectivity index is 1.67. The molecule has 7 unspecified atom stereocenters. The van der Waals surface area contributed by atoms with Gasteiger partial charge in [0.15, 0.2) is 0 Å². The normalized spacial score (nSPS) is 54.6. The van der Waals surface area contributed by atoms with E-state index in [-0.39, 0.29) is 10.2 Å². The van der Waals surface area contributed by atoms with Crippen LogP contribution in [0.4, 0.5) is 0 Å². The second kappa shape index (κ2) is 4.91. The van der Waals surface area contributed by atoms with Crippen LogP contribution in [0.3, 0.4) is 0 Å². The van der Waals surface area contributed by atoms with Gasteiger partial charge < -0.3 is 0 Å². The van der Waals surface area contributed by atoms with Crippen molar-refractivity contribution in [1.29, 1.82) is 0 Å². The molecule has 0 aliphatic heterocycles. The number of hydrogen-bond donors (Lipinski definition) is 0. The highest BCUT2D eigenvalue weighted by Gasteiger charge is 2.61. The Kier molecular flexibility index (Phi) is 3.43. The highest BCUT2D eigenvalue weighted by molar-refractivity contribution is 9.10. The minimum absolute atomic E-state index is 0.0251. The molecule has 0 saturated heterocycles. The molecule has 7 atom stereocenters. The van der Waals surface area contributed by atoms with E-state index >= 15 is 0 Å². The summed E-state index contributed by atoms with van der Waals surface area (Å²) in [5.41, 5.74) is 0.278. The Morgan fingerprint density at radius 2 is 1.68 bits per heavy atom. The van der Waals surface area contributed by atoms with Crippen molar-refractivity contribution >= 4 is 27.5 Å². The summed E-state index contributed by atoms with van der Waals surface area (Å²) in [5.74, 6) is 3.51. The van der Waals surface area contributed by atoms with Crippen LogP contribution in [-0.2, 0) is 9.59 Å². The maximum Gasteiger partial charge on any atom is 0.146 e. The molecule has 2 nitrogen and oxygen atoms in total. The van der Waals surface area contributed by atoms with Crippen LogP contribution in [-0.4, -0.2) is 16.4 Å². The van der Waals surface area contributed by atoms with Crippen LogP contribution >= 0.6 is 15.9 Å². The molecule has 3 heteroatoms. The smallest absolute Gasteiger partial charge is 0.146 e. The van der Waals surface area contributed by atoms with Gasteiger partial charge in [-0.25, -0.2) is 0 Å². The average molecular weight is 367 g/mol. The Morgan fingerprint density at radius 1 is 0.909 bits per heavy atom. The lowest BCUT2D eigenvalue weighted by Gasteiger charge is -2.60. The molecule has 22 heavy (non-hydrogen) atoms. The number of ketones is 2. The van der Waals surface area contributed by atoms with Gasteiger partial charge in [0.25, 0.3) is 0 Å². The van der Waals surface area contributed by atoms with E-state index in [0.717, 1.165) is 43.9 Å². The van der Waals surface area contributed by atoms with Crippen molar-refractivity contribution in [3.63, 3.8) is 0 Å². The molecule has 0 aromatic carbocycles. The number of fused-ring (bicyclic) bond motifs is 5. The number of halogens is 1. The largest absolute Gasteiger partial charge is 0.299 e. The van der Waals surface area contributed by atoms with Gasteiger partial charge >= 0.3 is 0 Å². The number of carbonyl (C=O) groups is 2. The lowest BCUT2D eigenvalue weighted by atomic mass is 9.45. The summed E-state index contributed by atoms with van der Waals surface area (Å²) in [4.78, 5) is 24.6. The summed E-state index contributed by atoms with van der Waals surface area (Å²) in [6.45, 7) is 4.70. The standard InChI is InChI=1S/C19H27BrO2/c1-18-10-8-15(21)17(20)14(18)4-3-11-12-5-6-16(22)19(12,2)9-7-13(11)18/h11-14,17H,3-10H2,1-2H3. The molecule has 0 aromatic heterocycles. The fourth-order valence-electron chi connectivity index (χ4n) is 6.86. The van der Waals surface area contributed by atoms with Crippen LogP contribution in [0.25, 0.3) is 0 Å². The average Bonchev–Trinajstić information content (AvgIpc) is 2.79. The summed E-state index contributed by atoms with van der Waals surface area (Å²) in [7, 11) is 0. The predicted molar refractivity (Wildman–Crippen MR) is 89.8 cm³/mol. The zero-order valence-electron chi connectivity index (χ0n) is 13.7. The minimum atomic E-state index is -0.0251. The Bertz CT molecular complexity index is 530. The third kappa shape index (κ3) is 1.84. The van der Waals surface area contributed by atoms with Crippen LogP contribution in [0.2, 0.25) is 0 Å². The van der Waals surface area contributed by atoms with Gasteiger partial charge in [0.05, 0.1) is 4.83 Å². The molecule has 0 bridgehead atoms. The third-order valence-electron chi connectivity index (χ3n) is 8.22. The highest BCUT2D eigenvalue weighted by atomic mass is 79.9. The van der Waals surface area contributed by atoms with Gasteiger partial charge in [-0.1, -0.05) is 29.8 Å². The number of rotatable bonds is 0. The SMILES string of the molecule is CC12CCC3C(CCC4C(Br)C(=O)CCC43C)C1CCC2=O. The van der Waals surface area contributed by atoms with Crippen molar-refractivity contribution in [1.82, 2.24) is 0 Å². The number of hydrogen-bond acceptors (Lipinski definition) is 2. The summed E-state index contributed by atoms with van der Waals surface area (Å²) in [6.07, 6.45) is 8.42. The van der Waals surface area contributed by atoms with Crippen LogP contribution in [0.1, 0.15) is 65.2 Å². The van der Waals surface area contributed by atoms with Gasteiger partial charge in [0, 0.05) is 18.3 Å². The zero-order chi connectivity index (χ0) is 15.7. The van der Waals surface area contributed by atoms with E-state index in [1.54, 1.807) is 0 Å². The predicted octanol–water partition coefficient (Wildman–Crippen LogP) is 4.54. The van der Waals surface area contributed by atoms with Gasteiger partial charge in [-0.2, -0.15) is 0 Å². The molecule has 4 rings (SSSR count). The molecule has 0 radical (unpaired) electrons. The second-order valence-electron chi connectivity index (χ2n) is 8.85. The van der Waals surface area contributed by atoms with Gasteiger partial charge in [0.1, 0.15) is 11.6 Å². The molecule has 4 saturated carbocycles. The number of alkyl halides is 1. The van der Waals surface area contributed by atoms with Gasteiger partial charge in [-0.3, -0.25) is 9.59 Å². The quantitative estimate of drug-likeness (QED) is 0.589. The molecular weight excluding hydrogens is 340 g/mol. The second-order valence-corrected chi connectivity index (χ2v) is 9.84. The summed E-state index contributed by atoms with van der Waals surface area (Å²) >= 11 is 3.72. The molecule has 4 fully saturated rings. The van der Waals surface area contributed by atoms with Crippen LogP contribution in [0.5, 0.6) is 0 Å². The van der Waals surface area contributed by atoms with E-state index in [9.17, 15) is 9.59 Å². The summed E-state index contributed by atoms with van der Waals surface area (Å²) in [6, 6.07) is 0. The molecule has 4 aliphatic carbocycles. The first kappa shape index (κ1) is 15.4. The molecule has 122 valence electrons. The highest BCUT2D eigenvalue weighted by Crippen LogP contribution is 2.65. The van der Waals surface area contributed by atoms with Crippen molar-refractivity contribution in [2.45, 2.75) is 70.0 Å². The van der Waals surface area contributed by atoms with Crippen molar-refractivity contribution < 1.29 is 9.59 Å². The number of carbonyl (C=O) groups excluding carboxylic acids is 2. The fraction of sp³-hybridized carbons (Fsp3) is 0.895.